The van der Waals surface area contributed by atoms with E-state index >= 15 is 0 Å². The van der Waals surface area contributed by atoms with Gasteiger partial charge in [-0.15, -0.1) is 0 Å². The maximum Gasteiger partial charge on any atom is 0.126 e. The highest BCUT2D eigenvalue weighted by atomic mass is 19.1. The lowest BCUT2D eigenvalue weighted by molar-refractivity contribution is 0.193. The first-order valence-electron chi connectivity index (χ1n) is 6.82. The standard InChI is InChI=1S/C15H23FN2O/c1-10-7-15(18(4)12-5-6-19-9-12)13(8-14(10)16)11(2)17-3/h7-8,11-12,17H,5-6,9H2,1-4H3. The number of nitrogens with zero attached hydrogens (tertiary/aromatic N) is 1. The molecule has 1 saturated heterocycles. The third-order valence-corrected chi connectivity index (χ3v) is 4.04. The van der Waals surface area contributed by atoms with Crippen LogP contribution in [-0.4, -0.2) is 33.4 Å². The molecule has 2 rings (SSSR count). The van der Waals surface area contributed by atoms with Gasteiger partial charge < -0.3 is 15.0 Å². The molecule has 1 fully saturated rings. The van der Waals surface area contributed by atoms with Crippen LogP contribution in [0, 0.1) is 12.7 Å². The summed E-state index contributed by atoms with van der Waals surface area (Å²) in [6, 6.07) is 4.09. The van der Waals surface area contributed by atoms with E-state index in [0.717, 1.165) is 30.9 Å². The molecule has 4 heteroatoms. The monoisotopic (exact) mass is 266 g/mol. The highest BCUT2D eigenvalue weighted by molar-refractivity contribution is 5.57. The first-order chi connectivity index (χ1) is 9.04. The van der Waals surface area contributed by atoms with E-state index in [0.29, 0.717) is 11.6 Å². The summed E-state index contributed by atoms with van der Waals surface area (Å²) in [5, 5.41) is 3.19. The molecule has 0 bridgehead atoms. The molecule has 106 valence electrons. The van der Waals surface area contributed by atoms with Crippen LogP contribution in [0.2, 0.25) is 0 Å². The normalized spacial score (nSPS) is 20.6. The lowest BCUT2D eigenvalue weighted by Crippen LogP contribution is -2.33. The molecule has 2 unspecified atom stereocenters. The van der Waals surface area contributed by atoms with Gasteiger partial charge >= 0.3 is 0 Å². The van der Waals surface area contributed by atoms with Crippen LogP contribution in [0.25, 0.3) is 0 Å². The van der Waals surface area contributed by atoms with E-state index in [-0.39, 0.29) is 11.9 Å². The molecule has 1 aliphatic heterocycles. The van der Waals surface area contributed by atoms with Crippen molar-refractivity contribution in [2.24, 2.45) is 0 Å². The quantitative estimate of drug-likeness (QED) is 0.906. The van der Waals surface area contributed by atoms with E-state index in [4.69, 9.17) is 4.74 Å². The highest BCUT2D eigenvalue weighted by Crippen LogP contribution is 2.31. The summed E-state index contributed by atoms with van der Waals surface area (Å²) in [6.07, 6.45) is 1.03. The first kappa shape index (κ1) is 14.3. The lowest BCUT2D eigenvalue weighted by atomic mass is 10.0. The molecule has 1 heterocycles. The second kappa shape index (κ2) is 5.88. The summed E-state index contributed by atoms with van der Waals surface area (Å²) in [6.45, 7) is 5.42. The molecule has 1 aromatic rings. The third-order valence-electron chi connectivity index (χ3n) is 4.04. The minimum atomic E-state index is -0.142. The predicted octanol–water partition coefficient (Wildman–Crippen LogP) is 2.64. The van der Waals surface area contributed by atoms with E-state index in [1.165, 1.54) is 0 Å². The van der Waals surface area contributed by atoms with Gasteiger partial charge in [0, 0.05) is 25.4 Å². The van der Waals surface area contributed by atoms with Gasteiger partial charge in [0.05, 0.1) is 12.6 Å². The number of anilines is 1. The summed E-state index contributed by atoms with van der Waals surface area (Å²) < 4.78 is 19.3. The fourth-order valence-corrected chi connectivity index (χ4v) is 2.51. The Morgan fingerprint density at radius 2 is 2.21 bits per heavy atom. The SMILES string of the molecule is CNC(C)c1cc(F)c(C)cc1N(C)C1CCOC1. The zero-order valence-corrected chi connectivity index (χ0v) is 12.2. The van der Waals surface area contributed by atoms with Crippen LogP contribution in [0.5, 0.6) is 0 Å². The maximum atomic E-state index is 13.8. The Kier molecular flexibility index (Phi) is 4.42. The van der Waals surface area contributed by atoms with Gasteiger partial charge in [-0.1, -0.05) is 0 Å². The molecule has 0 amide bonds. The van der Waals surface area contributed by atoms with Crippen molar-refractivity contribution in [2.45, 2.75) is 32.4 Å². The van der Waals surface area contributed by atoms with E-state index < -0.39 is 0 Å². The van der Waals surface area contributed by atoms with Crippen molar-refractivity contribution in [1.82, 2.24) is 5.32 Å². The maximum absolute atomic E-state index is 13.8. The summed E-state index contributed by atoms with van der Waals surface area (Å²) in [5.41, 5.74) is 2.78. The van der Waals surface area contributed by atoms with Crippen molar-refractivity contribution >= 4 is 5.69 Å². The molecule has 1 aliphatic rings. The first-order valence-corrected chi connectivity index (χ1v) is 6.82. The van der Waals surface area contributed by atoms with Gasteiger partial charge in [-0.05, 0) is 50.6 Å². The van der Waals surface area contributed by atoms with E-state index in [1.54, 1.807) is 6.07 Å². The summed E-state index contributed by atoms with van der Waals surface area (Å²) in [5.74, 6) is -0.142. The summed E-state index contributed by atoms with van der Waals surface area (Å²) in [4.78, 5) is 2.22. The highest BCUT2D eigenvalue weighted by Gasteiger charge is 2.24. The molecule has 2 atom stereocenters. The molecule has 0 radical (unpaired) electrons. The van der Waals surface area contributed by atoms with E-state index in [1.807, 2.05) is 27.0 Å². The van der Waals surface area contributed by atoms with Gasteiger partial charge in [0.2, 0.25) is 0 Å². The van der Waals surface area contributed by atoms with Gasteiger partial charge in [0.25, 0.3) is 0 Å². The van der Waals surface area contributed by atoms with Gasteiger partial charge in [-0.3, -0.25) is 0 Å². The number of likely N-dealkylation sites (N-methyl/N-ethyl adjacent to an activating group) is 1. The molecule has 1 aromatic carbocycles. The van der Waals surface area contributed by atoms with Crippen LogP contribution >= 0.6 is 0 Å². The van der Waals surface area contributed by atoms with Crippen LogP contribution in [0.3, 0.4) is 0 Å². The van der Waals surface area contributed by atoms with Crippen molar-refractivity contribution in [1.29, 1.82) is 0 Å². The number of hydrogen-bond donors (Lipinski definition) is 1. The molecular weight excluding hydrogens is 243 g/mol. The number of rotatable bonds is 4. The van der Waals surface area contributed by atoms with Crippen LogP contribution < -0.4 is 10.2 Å². The Morgan fingerprint density at radius 1 is 1.47 bits per heavy atom. The Hall–Kier alpha value is -1.13. The van der Waals surface area contributed by atoms with Gasteiger partial charge in [-0.25, -0.2) is 4.39 Å². The number of halogens is 1. The number of aryl methyl sites for hydroxylation is 1. The van der Waals surface area contributed by atoms with Gasteiger partial charge in [-0.2, -0.15) is 0 Å². The van der Waals surface area contributed by atoms with Crippen LogP contribution in [-0.2, 0) is 4.74 Å². The molecule has 19 heavy (non-hydrogen) atoms. The minimum absolute atomic E-state index is 0.120. The smallest absolute Gasteiger partial charge is 0.126 e. The summed E-state index contributed by atoms with van der Waals surface area (Å²) >= 11 is 0. The Balaban J connectivity index is 2.38. The average Bonchev–Trinajstić information content (AvgIpc) is 2.93. The predicted molar refractivity (Wildman–Crippen MR) is 76.2 cm³/mol. The fourth-order valence-electron chi connectivity index (χ4n) is 2.51. The van der Waals surface area contributed by atoms with Crippen molar-refractivity contribution in [2.75, 3.05) is 32.2 Å². The van der Waals surface area contributed by atoms with E-state index in [9.17, 15) is 4.39 Å². The number of ether oxygens (including phenoxy) is 1. The van der Waals surface area contributed by atoms with E-state index in [2.05, 4.69) is 17.3 Å². The zero-order valence-electron chi connectivity index (χ0n) is 12.2. The number of nitrogens with one attached hydrogen (secondary N) is 1. The lowest BCUT2D eigenvalue weighted by Gasteiger charge is -2.30. The number of benzene rings is 1. The van der Waals surface area contributed by atoms with Crippen molar-refractivity contribution in [3.8, 4) is 0 Å². The van der Waals surface area contributed by atoms with Crippen molar-refractivity contribution in [3.63, 3.8) is 0 Å². The number of hydrogen-bond acceptors (Lipinski definition) is 3. The average molecular weight is 266 g/mol. The summed E-state index contributed by atoms with van der Waals surface area (Å²) in [7, 11) is 3.96. The molecule has 0 aromatic heterocycles. The van der Waals surface area contributed by atoms with Crippen molar-refractivity contribution < 1.29 is 9.13 Å². The Morgan fingerprint density at radius 3 is 2.79 bits per heavy atom. The van der Waals surface area contributed by atoms with Crippen molar-refractivity contribution in [3.05, 3.63) is 29.1 Å². The van der Waals surface area contributed by atoms with Crippen LogP contribution in [0.1, 0.15) is 30.5 Å². The third kappa shape index (κ3) is 2.90. The molecule has 0 spiro atoms. The van der Waals surface area contributed by atoms with Crippen LogP contribution in [0.15, 0.2) is 12.1 Å². The second-order valence-corrected chi connectivity index (χ2v) is 5.30. The van der Waals surface area contributed by atoms with Gasteiger partial charge in [0.15, 0.2) is 0 Å². The Bertz CT molecular complexity index is 444. The fraction of sp³-hybridized carbons (Fsp3) is 0.600. The Labute approximate surface area is 114 Å². The second-order valence-electron chi connectivity index (χ2n) is 5.30. The largest absolute Gasteiger partial charge is 0.379 e. The topological polar surface area (TPSA) is 24.5 Å². The molecule has 1 N–H and O–H groups in total. The molecular formula is C15H23FN2O. The van der Waals surface area contributed by atoms with Gasteiger partial charge in [0.1, 0.15) is 5.82 Å². The zero-order chi connectivity index (χ0) is 14.0. The molecule has 0 aliphatic carbocycles. The molecule has 3 nitrogen and oxygen atoms in total. The minimum Gasteiger partial charge on any atom is -0.379 e. The molecule has 0 saturated carbocycles. The van der Waals surface area contributed by atoms with Crippen LogP contribution in [0.4, 0.5) is 10.1 Å².